The summed E-state index contributed by atoms with van der Waals surface area (Å²) in [7, 11) is 0. The molecule has 21 heavy (non-hydrogen) atoms. The Morgan fingerprint density at radius 2 is 1.67 bits per heavy atom. The Morgan fingerprint density at radius 3 is 2.19 bits per heavy atom. The van der Waals surface area contributed by atoms with Crippen LogP contribution in [-0.4, -0.2) is 17.3 Å². The molecule has 1 aliphatic carbocycles. The Balaban J connectivity index is 1.97. The Labute approximate surface area is 125 Å². The molecule has 1 unspecified atom stereocenters. The van der Waals surface area contributed by atoms with E-state index in [1.54, 1.807) is 6.92 Å². The van der Waals surface area contributed by atoms with E-state index in [0.29, 0.717) is 6.54 Å². The summed E-state index contributed by atoms with van der Waals surface area (Å²) >= 11 is 0. The maximum absolute atomic E-state index is 13.7. The highest BCUT2D eigenvalue weighted by atomic mass is 19.1. The molecule has 2 rings (SSSR count). The van der Waals surface area contributed by atoms with Gasteiger partial charge in [0, 0.05) is 18.2 Å². The molecule has 0 aliphatic heterocycles. The molecule has 1 aromatic rings. The topological polar surface area (TPSA) is 32.3 Å². The average molecular weight is 297 g/mol. The van der Waals surface area contributed by atoms with Crippen molar-refractivity contribution in [3.05, 3.63) is 35.4 Å². The van der Waals surface area contributed by atoms with Crippen molar-refractivity contribution in [1.29, 1.82) is 0 Å². The predicted octanol–water partition coefficient (Wildman–Crippen LogP) is 3.95. The van der Waals surface area contributed by atoms with E-state index in [0.717, 1.165) is 25.7 Å². The van der Waals surface area contributed by atoms with Crippen molar-refractivity contribution >= 4 is 0 Å². The van der Waals surface area contributed by atoms with Crippen molar-refractivity contribution < 1.29 is 13.9 Å². The second kappa shape index (κ2) is 6.01. The number of aliphatic hydroxyl groups is 1. The second-order valence-corrected chi connectivity index (χ2v) is 7.13. The van der Waals surface area contributed by atoms with E-state index >= 15 is 0 Å². The molecule has 0 aromatic heterocycles. The van der Waals surface area contributed by atoms with Crippen molar-refractivity contribution in [2.75, 3.05) is 6.54 Å². The largest absolute Gasteiger partial charge is 0.389 e. The molecule has 0 radical (unpaired) electrons. The van der Waals surface area contributed by atoms with Gasteiger partial charge < -0.3 is 10.4 Å². The Hall–Kier alpha value is -1.00. The van der Waals surface area contributed by atoms with Gasteiger partial charge in [-0.15, -0.1) is 0 Å². The van der Waals surface area contributed by atoms with Gasteiger partial charge in [-0.1, -0.05) is 19.9 Å². The van der Waals surface area contributed by atoms with Crippen LogP contribution in [0.5, 0.6) is 0 Å². The van der Waals surface area contributed by atoms with E-state index in [1.807, 2.05) is 0 Å². The third-order valence-corrected chi connectivity index (χ3v) is 4.70. The lowest BCUT2D eigenvalue weighted by Gasteiger charge is -2.40. The summed E-state index contributed by atoms with van der Waals surface area (Å²) < 4.78 is 27.4. The lowest BCUT2D eigenvalue weighted by Crippen LogP contribution is -2.45. The smallest absolute Gasteiger partial charge is 0.130 e. The van der Waals surface area contributed by atoms with Gasteiger partial charge in [0.2, 0.25) is 0 Å². The second-order valence-electron chi connectivity index (χ2n) is 7.13. The maximum atomic E-state index is 13.7. The molecule has 2 nitrogen and oxygen atoms in total. The Bertz CT molecular complexity index is 471. The highest BCUT2D eigenvalue weighted by Crippen LogP contribution is 2.40. The first-order valence-corrected chi connectivity index (χ1v) is 7.62. The number of hydrogen-bond donors (Lipinski definition) is 2. The summed E-state index contributed by atoms with van der Waals surface area (Å²) in [6, 6.07) is 3.41. The molecule has 0 amide bonds. The van der Waals surface area contributed by atoms with Crippen molar-refractivity contribution in [2.24, 2.45) is 5.41 Å². The molecule has 0 spiro atoms. The highest BCUT2D eigenvalue weighted by molar-refractivity contribution is 5.22. The van der Waals surface area contributed by atoms with E-state index in [9.17, 15) is 13.9 Å². The molecular formula is C17H25F2NO. The molecule has 0 bridgehead atoms. The fourth-order valence-electron chi connectivity index (χ4n) is 2.94. The maximum Gasteiger partial charge on any atom is 0.130 e. The first-order valence-electron chi connectivity index (χ1n) is 7.62. The van der Waals surface area contributed by atoms with Gasteiger partial charge in [0.05, 0.1) is 5.60 Å². The standard InChI is InChI=1S/C17H25F2NO/c1-12(15-13(18)5-4-6-14(15)19)20-11-17(21)9-7-16(2,3)8-10-17/h4-6,12,20-21H,7-11H2,1-3H3. The van der Waals surface area contributed by atoms with Crippen molar-refractivity contribution in [2.45, 2.75) is 58.1 Å². The number of benzene rings is 1. The molecule has 1 saturated carbocycles. The lowest BCUT2D eigenvalue weighted by atomic mass is 9.71. The van der Waals surface area contributed by atoms with E-state index in [-0.39, 0.29) is 11.0 Å². The SMILES string of the molecule is CC(NCC1(O)CCC(C)(C)CC1)c1c(F)cccc1F. The van der Waals surface area contributed by atoms with Crippen molar-refractivity contribution in [1.82, 2.24) is 5.32 Å². The van der Waals surface area contributed by atoms with Gasteiger partial charge in [-0.05, 0) is 50.2 Å². The summed E-state index contributed by atoms with van der Waals surface area (Å²) in [4.78, 5) is 0. The predicted molar refractivity (Wildman–Crippen MR) is 80.0 cm³/mol. The van der Waals surface area contributed by atoms with Crippen LogP contribution in [-0.2, 0) is 0 Å². The average Bonchev–Trinajstić information content (AvgIpc) is 2.41. The van der Waals surface area contributed by atoms with Crippen LogP contribution < -0.4 is 5.32 Å². The summed E-state index contributed by atoms with van der Waals surface area (Å²) in [5.74, 6) is -1.10. The van der Waals surface area contributed by atoms with Crippen LogP contribution in [0.25, 0.3) is 0 Å². The zero-order valence-corrected chi connectivity index (χ0v) is 13.0. The number of hydrogen-bond acceptors (Lipinski definition) is 2. The van der Waals surface area contributed by atoms with Crippen molar-refractivity contribution in [3.63, 3.8) is 0 Å². The third kappa shape index (κ3) is 4.01. The van der Waals surface area contributed by atoms with Crippen LogP contribution in [0.4, 0.5) is 8.78 Å². The molecule has 4 heteroatoms. The minimum absolute atomic E-state index is 0.0391. The third-order valence-electron chi connectivity index (χ3n) is 4.70. The summed E-state index contributed by atoms with van der Waals surface area (Å²) in [5, 5.41) is 13.7. The van der Waals surface area contributed by atoms with Gasteiger partial charge in [0.1, 0.15) is 11.6 Å². The number of rotatable bonds is 4. The quantitative estimate of drug-likeness (QED) is 0.882. The van der Waals surface area contributed by atoms with Crippen LogP contribution in [0, 0.1) is 17.0 Å². The molecular weight excluding hydrogens is 272 g/mol. The van der Waals surface area contributed by atoms with Crippen LogP contribution in [0.2, 0.25) is 0 Å². The first-order chi connectivity index (χ1) is 9.72. The Kier molecular flexibility index (Phi) is 4.69. The number of halogens is 2. The highest BCUT2D eigenvalue weighted by Gasteiger charge is 2.36. The lowest BCUT2D eigenvalue weighted by molar-refractivity contribution is -0.0259. The summed E-state index contributed by atoms with van der Waals surface area (Å²) in [6.07, 6.45) is 3.38. The normalized spacial score (nSPS) is 22.0. The van der Waals surface area contributed by atoms with Gasteiger partial charge >= 0.3 is 0 Å². The molecule has 0 heterocycles. The molecule has 0 saturated heterocycles. The first kappa shape index (κ1) is 16.4. The summed E-state index contributed by atoms with van der Waals surface area (Å²) in [6.45, 7) is 6.49. The fourth-order valence-corrected chi connectivity index (χ4v) is 2.94. The van der Waals surface area contributed by atoms with Gasteiger partial charge in [-0.25, -0.2) is 8.78 Å². The van der Waals surface area contributed by atoms with Crippen LogP contribution in [0.15, 0.2) is 18.2 Å². The van der Waals surface area contributed by atoms with Crippen molar-refractivity contribution in [3.8, 4) is 0 Å². The van der Waals surface area contributed by atoms with E-state index in [4.69, 9.17) is 0 Å². The molecule has 1 fully saturated rings. The minimum atomic E-state index is -0.772. The molecule has 2 N–H and O–H groups in total. The molecule has 118 valence electrons. The van der Waals surface area contributed by atoms with Crippen LogP contribution >= 0.6 is 0 Å². The van der Waals surface area contributed by atoms with E-state index < -0.39 is 23.3 Å². The fraction of sp³-hybridized carbons (Fsp3) is 0.647. The molecule has 1 aromatic carbocycles. The Morgan fingerprint density at radius 1 is 1.14 bits per heavy atom. The monoisotopic (exact) mass is 297 g/mol. The zero-order valence-electron chi connectivity index (χ0n) is 13.0. The van der Waals surface area contributed by atoms with Crippen LogP contribution in [0.3, 0.4) is 0 Å². The van der Waals surface area contributed by atoms with Gasteiger partial charge in [-0.2, -0.15) is 0 Å². The van der Waals surface area contributed by atoms with Crippen LogP contribution in [0.1, 0.15) is 58.1 Å². The van der Waals surface area contributed by atoms with Gasteiger partial charge in [-0.3, -0.25) is 0 Å². The van der Waals surface area contributed by atoms with Gasteiger partial charge in [0.25, 0.3) is 0 Å². The summed E-state index contributed by atoms with van der Waals surface area (Å²) in [5.41, 5.74) is -0.460. The minimum Gasteiger partial charge on any atom is -0.389 e. The molecule has 1 atom stereocenters. The van der Waals surface area contributed by atoms with Gasteiger partial charge in [0.15, 0.2) is 0 Å². The zero-order chi connectivity index (χ0) is 15.7. The number of nitrogens with one attached hydrogen (secondary N) is 1. The molecule has 1 aliphatic rings. The van der Waals surface area contributed by atoms with E-state index in [1.165, 1.54) is 18.2 Å². The van der Waals surface area contributed by atoms with E-state index in [2.05, 4.69) is 19.2 Å².